The lowest BCUT2D eigenvalue weighted by Crippen LogP contribution is -2.59. The van der Waals surface area contributed by atoms with Crippen molar-refractivity contribution < 1.29 is 28.6 Å². The van der Waals surface area contributed by atoms with Crippen molar-refractivity contribution in [1.82, 2.24) is 20.5 Å². The average Bonchev–Trinajstić information content (AvgIpc) is 3.48. The molecule has 12 heteroatoms. The molecule has 2 fully saturated rings. The summed E-state index contributed by atoms with van der Waals surface area (Å²) in [6, 6.07) is 3.96. The Bertz CT molecular complexity index is 1430. The Morgan fingerprint density at radius 1 is 1.08 bits per heavy atom. The second-order valence-electron chi connectivity index (χ2n) is 15.0. The molecule has 2 aliphatic rings. The summed E-state index contributed by atoms with van der Waals surface area (Å²) in [6.07, 6.45) is 11.7. The molecule has 1 saturated heterocycles. The Hall–Kier alpha value is -2.57. The van der Waals surface area contributed by atoms with E-state index in [2.05, 4.69) is 31.5 Å². The fourth-order valence-corrected chi connectivity index (χ4v) is 7.56. The zero-order valence-corrected chi connectivity index (χ0v) is 32.6. The normalized spacial score (nSPS) is 18.9. The molecule has 4 rings (SSSR count). The number of alkyl halides is 2. The third-order valence-electron chi connectivity index (χ3n) is 9.66. The summed E-state index contributed by atoms with van der Waals surface area (Å²) < 4.78 is 20.9. The van der Waals surface area contributed by atoms with Crippen LogP contribution in [0.15, 0.2) is 23.7 Å². The first-order valence-electron chi connectivity index (χ1n) is 18.3. The van der Waals surface area contributed by atoms with Crippen LogP contribution in [0.5, 0.6) is 5.75 Å². The van der Waals surface area contributed by atoms with Crippen molar-refractivity contribution in [2.24, 2.45) is 5.41 Å². The number of carbonyl (C=O) groups is 3. The van der Waals surface area contributed by atoms with Gasteiger partial charge >= 0.3 is 0 Å². The number of hydrogen-bond donors (Lipinski definition) is 3. The molecule has 0 unspecified atom stereocenters. The lowest BCUT2D eigenvalue weighted by atomic mass is 9.85. The van der Waals surface area contributed by atoms with E-state index in [0.717, 1.165) is 39.9 Å². The highest BCUT2D eigenvalue weighted by Gasteiger charge is 2.53. The summed E-state index contributed by atoms with van der Waals surface area (Å²) >= 11 is 5.06. The van der Waals surface area contributed by atoms with E-state index in [-0.39, 0.29) is 32.4 Å². The van der Waals surface area contributed by atoms with Gasteiger partial charge in [0.1, 0.15) is 17.8 Å². The molecule has 2 aromatic rings. The van der Waals surface area contributed by atoms with Gasteiger partial charge in [0, 0.05) is 30.4 Å². The predicted octanol–water partition coefficient (Wildman–Crippen LogP) is 7.40. The molecule has 1 aromatic carbocycles. The first-order valence-corrected chi connectivity index (χ1v) is 20.3. The Morgan fingerprint density at radius 2 is 1.72 bits per heavy atom. The van der Waals surface area contributed by atoms with Crippen LogP contribution < -0.4 is 15.4 Å². The maximum absolute atomic E-state index is 14.5. The van der Waals surface area contributed by atoms with Crippen molar-refractivity contribution in [3.05, 3.63) is 35.0 Å². The minimum atomic E-state index is -1.94. The third kappa shape index (κ3) is 11.5. The number of nitrogens with one attached hydrogen (secondary N) is 2. The van der Waals surface area contributed by atoms with Crippen LogP contribution in [0, 0.1) is 12.3 Å². The number of hydrogen-bond acceptors (Lipinski definition) is 7. The largest absolute Gasteiger partial charge is 0.493 e. The van der Waals surface area contributed by atoms with Crippen LogP contribution in [0.2, 0.25) is 0 Å². The molecule has 0 spiro atoms. The van der Waals surface area contributed by atoms with Gasteiger partial charge in [0.05, 0.1) is 28.8 Å². The van der Waals surface area contributed by atoms with Gasteiger partial charge in [-0.15, -0.1) is 11.3 Å². The second kappa shape index (κ2) is 18.8. The summed E-state index contributed by atoms with van der Waals surface area (Å²) in [6.45, 7) is 8.01. The molecule has 50 heavy (non-hydrogen) atoms. The number of unbranched alkanes of at least 4 members (excludes halogenated alkanes) is 9. The minimum absolute atomic E-state index is 0.0468. The number of β-amino-alcohol motifs (C(OH)–C–C–N with tert-alkyl or cyclic N) is 1. The van der Waals surface area contributed by atoms with Crippen LogP contribution in [0.1, 0.15) is 115 Å². The number of ether oxygens (including phenoxy) is 1. The molecule has 1 aromatic heterocycles. The van der Waals surface area contributed by atoms with Crippen molar-refractivity contribution in [2.45, 2.75) is 142 Å². The number of rotatable bonds is 20. The van der Waals surface area contributed by atoms with Gasteiger partial charge in [-0.05, 0) is 49.7 Å². The lowest BCUT2D eigenvalue weighted by Gasteiger charge is -2.35. The number of aromatic nitrogens is 1. The number of likely N-dealkylation sites (tertiary alicyclic amines) is 1. The summed E-state index contributed by atoms with van der Waals surface area (Å²) in [5.41, 5.74) is 1.88. The highest BCUT2D eigenvalue weighted by Crippen LogP contribution is 2.40. The van der Waals surface area contributed by atoms with Crippen molar-refractivity contribution in [2.75, 3.05) is 18.5 Å². The quantitative estimate of drug-likeness (QED) is 0.0952. The molecule has 1 aliphatic heterocycles. The molecule has 3 amide bonds. The molecular formula is C38H56BrFN4O5S. The molecular weight excluding hydrogens is 723 g/mol. The number of aliphatic hydroxyl groups excluding tert-OH is 1. The van der Waals surface area contributed by atoms with Crippen LogP contribution in [0.3, 0.4) is 0 Å². The van der Waals surface area contributed by atoms with E-state index in [1.54, 1.807) is 32.1 Å². The summed E-state index contributed by atoms with van der Waals surface area (Å²) in [5, 5.41) is 17.2. The molecule has 3 N–H and O–H groups in total. The summed E-state index contributed by atoms with van der Waals surface area (Å²) in [7, 11) is 0. The number of amides is 3. The maximum atomic E-state index is 14.5. The van der Waals surface area contributed by atoms with Crippen molar-refractivity contribution in [1.29, 1.82) is 0 Å². The topological polar surface area (TPSA) is 121 Å². The number of aliphatic hydroxyl groups is 1. The number of nitrogens with zero attached hydrogens (tertiary/aromatic N) is 2. The van der Waals surface area contributed by atoms with Gasteiger partial charge in [-0.1, -0.05) is 100 Å². The first-order chi connectivity index (χ1) is 23.8. The van der Waals surface area contributed by atoms with E-state index in [1.807, 2.05) is 30.6 Å². The Balaban J connectivity index is 1.36. The lowest BCUT2D eigenvalue weighted by molar-refractivity contribution is -0.145. The molecule has 1 saturated carbocycles. The smallest absolute Gasteiger partial charge is 0.258 e. The second-order valence-corrected chi connectivity index (χ2v) is 16.7. The summed E-state index contributed by atoms with van der Waals surface area (Å²) in [4.78, 5) is 46.8. The SMILES string of the molecule is Cc1ncsc1-c1ccc(CNC(=O)[C@@H]2C[C@@H](O)CN2C(=O)[C@@H](NC(=O)C2(F)CC2)C(C)(C)C)c(OCCCCCCCCCCCCBr)c1. The molecule has 3 atom stereocenters. The zero-order chi connectivity index (χ0) is 36.3. The van der Waals surface area contributed by atoms with Crippen LogP contribution >= 0.6 is 27.3 Å². The van der Waals surface area contributed by atoms with Crippen LogP contribution in [0.25, 0.3) is 10.4 Å². The number of thiazole rings is 1. The maximum Gasteiger partial charge on any atom is 0.258 e. The highest BCUT2D eigenvalue weighted by atomic mass is 79.9. The van der Waals surface area contributed by atoms with Crippen LogP contribution in [-0.2, 0) is 20.9 Å². The van der Waals surface area contributed by atoms with E-state index in [4.69, 9.17) is 4.74 Å². The molecule has 1 aliphatic carbocycles. The van der Waals surface area contributed by atoms with Crippen molar-refractivity contribution in [3.63, 3.8) is 0 Å². The van der Waals surface area contributed by atoms with Gasteiger partial charge in [0.15, 0.2) is 5.67 Å². The van der Waals surface area contributed by atoms with Crippen LogP contribution in [0.4, 0.5) is 4.39 Å². The first kappa shape index (κ1) is 40.2. The van der Waals surface area contributed by atoms with Gasteiger partial charge in [-0.2, -0.15) is 0 Å². The predicted molar refractivity (Wildman–Crippen MR) is 200 cm³/mol. The molecule has 278 valence electrons. The number of aryl methyl sites for hydroxylation is 1. The molecule has 0 bridgehead atoms. The number of benzene rings is 1. The molecule has 0 radical (unpaired) electrons. The third-order valence-corrected chi connectivity index (χ3v) is 11.2. The van der Waals surface area contributed by atoms with Gasteiger partial charge in [-0.25, -0.2) is 9.37 Å². The molecule has 2 heterocycles. The Kier molecular flexibility index (Phi) is 15.1. The van der Waals surface area contributed by atoms with Crippen molar-refractivity contribution >= 4 is 45.0 Å². The van der Waals surface area contributed by atoms with Gasteiger partial charge in [0.2, 0.25) is 11.8 Å². The Labute approximate surface area is 309 Å². The van der Waals surface area contributed by atoms with E-state index in [0.29, 0.717) is 12.4 Å². The number of halogens is 2. The molecule has 9 nitrogen and oxygen atoms in total. The monoisotopic (exact) mass is 778 g/mol. The zero-order valence-electron chi connectivity index (χ0n) is 30.2. The van der Waals surface area contributed by atoms with Gasteiger partial charge in [0.25, 0.3) is 5.91 Å². The van der Waals surface area contributed by atoms with Crippen molar-refractivity contribution in [3.8, 4) is 16.2 Å². The standard InChI is InChI=1S/C38H56BrFN4O5S/c1-26-32(50-25-42-26)27-15-16-28(31(21-27)49-20-14-12-10-8-6-5-7-9-11-13-19-39)23-41-34(46)30-22-29(45)24-44(30)35(47)33(37(2,3)4)43-36(48)38(40)17-18-38/h15-16,21,25,29-30,33,45H,5-14,17-20,22-24H2,1-4H3,(H,41,46)(H,43,48)/t29-,30+,33-/m1/s1. The van der Waals surface area contributed by atoms with E-state index >= 15 is 0 Å². The van der Waals surface area contributed by atoms with Gasteiger partial charge < -0.3 is 25.4 Å². The fourth-order valence-electron chi connectivity index (χ4n) is 6.37. The fraction of sp³-hybridized carbons (Fsp3) is 0.684. The highest BCUT2D eigenvalue weighted by molar-refractivity contribution is 9.09. The van der Waals surface area contributed by atoms with E-state index < -0.39 is 47.0 Å². The Morgan fingerprint density at radius 3 is 2.30 bits per heavy atom. The number of carbonyl (C=O) groups excluding carboxylic acids is 3. The summed E-state index contributed by atoms with van der Waals surface area (Å²) in [5.74, 6) is -1.03. The van der Waals surface area contributed by atoms with Gasteiger partial charge in [-0.3, -0.25) is 14.4 Å². The average molecular weight is 780 g/mol. The van der Waals surface area contributed by atoms with Crippen LogP contribution in [-0.4, -0.2) is 75.1 Å². The van der Waals surface area contributed by atoms with E-state index in [9.17, 15) is 23.9 Å². The van der Waals surface area contributed by atoms with E-state index in [1.165, 1.54) is 56.3 Å². The minimum Gasteiger partial charge on any atom is -0.493 e.